The zero-order chi connectivity index (χ0) is 16.0. The van der Waals surface area contributed by atoms with Gasteiger partial charge in [0.1, 0.15) is 0 Å². The molecule has 2 fully saturated rings. The van der Waals surface area contributed by atoms with Crippen molar-refractivity contribution in [3.05, 3.63) is 28.5 Å². The van der Waals surface area contributed by atoms with Crippen LogP contribution in [0.1, 0.15) is 56.2 Å². The van der Waals surface area contributed by atoms with Gasteiger partial charge in [-0.1, -0.05) is 31.7 Å². The highest BCUT2D eigenvalue weighted by Crippen LogP contribution is 2.35. The highest BCUT2D eigenvalue weighted by Gasteiger charge is 2.38. The normalized spacial score (nSPS) is 22.3. The predicted molar refractivity (Wildman–Crippen MR) is 97.6 cm³/mol. The number of likely N-dealkylation sites (tertiary alicyclic amines) is 1. The zero-order valence-corrected chi connectivity index (χ0v) is 14.7. The summed E-state index contributed by atoms with van der Waals surface area (Å²) in [5.74, 6) is 0.0420. The van der Waals surface area contributed by atoms with Crippen LogP contribution in [-0.2, 0) is 4.79 Å². The van der Waals surface area contributed by atoms with Gasteiger partial charge in [-0.2, -0.15) is 0 Å². The van der Waals surface area contributed by atoms with Crippen LogP contribution in [0.2, 0.25) is 0 Å². The van der Waals surface area contributed by atoms with Crippen LogP contribution in [0, 0.1) is 0 Å². The van der Waals surface area contributed by atoms with E-state index in [0.29, 0.717) is 0 Å². The number of nitrogens with one attached hydrogen (secondary N) is 1. The molecule has 0 radical (unpaired) electrons. The fraction of sp³-hybridized carbons (Fsp3) is 0.632. The largest absolute Gasteiger partial charge is 0.351 e. The molecule has 1 aliphatic heterocycles. The number of hydrogen-bond donors (Lipinski definition) is 1. The van der Waals surface area contributed by atoms with Crippen molar-refractivity contribution in [1.29, 1.82) is 0 Å². The Kier molecular flexibility index (Phi) is 5.90. The van der Waals surface area contributed by atoms with Crippen molar-refractivity contribution < 1.29 is 4.79 Å². The Morgan fingerprint density at radius 1 is 1.17 bits per heavy atom. The van der Waals surface area contributed by atoms with Gasteiger partial charge in [0.15, 0.2) is 0 Å². The van der Waals surface area contributed by atoms with Crippen molar-refractivity contribution in [1.82, 2.24) is 10.2 Å². The maximum absolute atomic E-state index is 12.2. The molecule has 0 atom stereocenters. The summed E-state index contributed by atoms with van der Waals surface area (Å²) in [6, 6.07) is 4.04. The molecule has 2 aliphatic rings. The lowest BCUT2D eigenvalue weighted by Gasteiger charge is -2.48. The molecular weight excluding hydrogens is 304 g/mol. The molecule has 0 spiro atoms. The second-order valence-electron chi connectivity index (χ2n) is 6.90. The van der Waals surface area contributed by atoms with Crippen LogP contribution >= 0.6 is 11.3 Å². The van der Waals surface area contributed by atoms with E-state index in [-0.39, 0.29) is 11.4 Å². The van der Waals surface area contributed by atoms with E-state index in [0.717, 1.165) is 11.4 Å². The maximum atomic E-state index is 12.2. The van der Waals surface area contributed by atoms with Crippen LogP contribution in [0.3, 0.4) is 0 Å². The van der Waals surface area contributed by atoms with Crippen LogP contribution in [0.5, 0.6) is 0 Å². The monoisotopic (exact) mass is 332 g/mol. The first-order valence-corrected chi connectivity index (χ1v) is 9.91. The van der Waals surface area contributed by atoms with Crippen LogP contribution < -0.4 is 5.32 Å². The molecule has 3 rings (SSSR count). The molecule has 4 heteroatoms. The molecule has 1 amide bonds. The van der Waals surface area contributed by atoms with Gasteiger partial charge in [0.2, 0.25) is 5.91 Å². The van der Waals surface area contributed by atoms with Crippen molar-refractivity contribution >= 4 is 23.3 Å². The molecule has 1 N–H and O–H groups in total. The third-order valence-electron chi connectivity index (χ3n) is 5.34. The van der Waals surface area contributed by atoms with E-state index in [2.05, 4.69) is 10.2 Å². The van der Waals surface area contributed by atoms with E-state index < -0.39 is 0 Å². The Bertz CT molecular complexity index is 511. The van der Waals surface area contributed by atoms with Crippen molar-refractivity contribution in [2.24, 2.45) is 0 Å². The minimum Gasteiger partial charge on any atom is -0.351 e. The predicted octanol–water partition coefficient (Wildman–Crippen LogP) is 4.07. The Balaban J connectivity index is 1.58. The number of hydrogen-bond acceptors (Lipinski definition) is 3. The molecule has 0 bridgehead atoms. The summed E-state index contributed by atoms with van der Waals surface area (Å²) in [5.41, 5.74) is 0.213. The number of carbonyl (C=O) groups excluding carboxylic acids is 1. The number of rotatable bonds is 5. The van der Waals surface area contributed by atoms with Crippen molar-refractivity contribution in [3.63, 3.8) is 0 Å². The van der Waals surface area contributed by atoms with Crippen LogP contribution in [0.25, 0.3) is 6.08 Å². The molecule has 1 aliphatic carbocycles. The van der Waals surface area contributed by atoms with E-state index in [4.69, 9.17) is 0 Å². The molecule has 2 heterocycles. The SMILES string of the molecule is O=C(/C=C/c1cccs1)NCC1(N2CCCCC2)CCCCC1. The van der Waals surface area contributed by atoms with Gasteiger partial charge in [-0.25, -0.2) is 0 Å². The average Bonchev–Trinajstić information content (AvgIpc) is 3.13. The number of carbonyl (C=O) groups is 1. The molecule has 3 nitrogen and oxygen atoms in total. The molecule has 126 valence electrons. The summed E-state index contributed by atoms with van der Waals surface area (Å²) >= 11 is 1.66. The van der Waals surface area contributed by atoms with Gasteiger partial charge < -0.3 is 5.32 Å². The van der Waals surface area contributed by atoms with E-state index >= 15 is 0 Å². The molecule has 0 unspecified atom stereocenters. The smallest absolute Gasteiger partial charge is 0.244 e. The van der Waals surface area contributed by atoms with E-state index in [1.165, 1.54) is 64.5 Å². The topological polar surface area (TPSA) is 32.3 Å². The molecule has 0 aromatic carbocycles. The van der Waals surface area contributed by atoms with Crippen LogP contribution in [0.4, 0.5) is 0 Å². The van der Waals surface area contributed by atoms with Gasteiger partial charge in [0, 0.05) is 23.0 Å². The summed E-state index contributed by atoms with van der Waals surface area (Å²) in [6.45, 7) is 3.22. The third-order valence-corrected chi connectivity index (χ3v) is 6.18. The number of thiophene rings is 1. The number of nitrogens with zero attached hydrogens (tertiary/aromatic N) is 1. The Hall–Kier alpha value is -1.13. The Morgan fingerprint density at radius 3 is 2.61 bits per heavy atom. The van der Waals surface area contributed by atoms with Gasteiger partial charge in [0.25, 0.3) is 0 Å². The van der Waals surface area contributed by atoms with E-state index in [1.54, 1.807) is 17.4 Å². The summed E-state index contributed by atoms with van der Waals surface area (Å²) in [5, 5.41) is 5.22. The Morgan fingerprint density at radius 2 is 1.91 bits per heavy atom. The van der Waals surface area contributed by atoms with Gasteiger partial charge in [-0.3, -0.25) is 9.69 Å². The fourth-order valence-corrected chi connectivity index (χ4v) is 4.66. The highest BCUT2D eigenvalue weighted by atomic mass is 32.1. The molecule has 1 aromatic heterocycles. The van der Waals surface area contributed by atoms with Crippen LogP contribution in [-0.4, -0.2) is 36.0 Å². The number of amides is 1. The lowest BCUT2D eigenvalue weighted by molar-refractivity contribution is -0.117. The third kappa shape index (κ3) is 4.45. The van der Waals surface area contributed by atoms with Gasteiger partial charge in [-0.15, -0.1) is 11.3 Å². The van der Waals surface area contributed by atoms with Crippen molar-refractivity contribution in [3.8, 4) is 0 Å². The van der Waals surface area contributed by atoms with E-state index in [1.807, 2.05) is 23.6 Å². The molecule has 23 heavy (non-hydrogen) atoms. The average molecular weight is 333 g/mol. The molecule has 1 aromatic rings. The summed E-state index contributed by atoms with van der Waals surface area (Å²) < 4.78 is 0. The number of piperidine rings is 1. The summed E-state index contributed by atoms with van der Waals surface area (Å²) in [4.78, 5) is 16.0. The van der Waals surface area contributed by atoms with Crippen molar-refractivity contribution in [2.45, 2.75) is 56.9 Å². The molecule has 1 saturated carbocycles. The summed E-state index contributed by atoms with van der Waals surface area (Å²) in [6.07, 6.45) is 14.0. The standard InChI is InChI=1S/C19H28N2OS/c22-18(10-9-17-8-7-15-23-17)20-16-19(11-3-1-4-12-19)21-13-5-2-6-14-21/h7-10,15H,1-6,11-14,16H2,(H,20,22)/b10-9+. The first kappa shape index (κ1) is 16.7. The first-order valence-electron chi connectivity index (χ1n) is 9.03. The fourth-order valence-electron chi connectivity index (χ4n) is 4.04. The lowest BCUT2D eigenvalue weighted by atomic mass is 9.79. The van der Waals surface area contributed by atoms with Gasteiger partial charge in [0.05, 0.1) is 0 Å². The second kappa shape index (κ2) is 8.11. The minimum atomic E-state index is 0.0420. The first-order chi connectivity index (χ1) is 11.3. The van der Waals surface area contributed by atoms with Crippen LogP contribution in [0.15, 0.2) is 23.6 Å². The quantitative estimate of drug-likeness (QED) is 0.825. The highest BCUT2D eigenvalue weighted by molar-refractivity contribution is 7.10. The zero-order valence-electron chi connectivity index (χ0n) is 13.9. The van der Waals surface area contributed by atoms with Gasteiger partial charge in [-0.05, 0) is 56.3 Å². The molecule has 1 saturated heterocycles. The summed E-state index contributed by atoms with van der Waals surface area (Å²) in [7, 11) is 0. The lowest BCUT2D eigenvalue weighted by Crippen LogP contribution is -2.58. The minimum absolute atomic E-state index is 0.0420. The van der Waals surface area contributed by atoms with E-state index in [9.17, 15) is 4.79 Å². The second-order valence-corrected chi connectivity index (χ2v) is 7.88. The Labute approximate surface area is 143 Å². The van der Waals surface area contributed by atoms with Crippen molar-refractivity contribution in [2.75, 3.05) is 19.6 Å². The van der Waals surface area contributed by atoms with Gasteiger partial charge >= 0.3 is 0 Å². The molecular formula is C19H28N2OS. The maximum Gasteiger partial charge on any atom is 0.244 e.